The van der Waals surface area contributed by atoms with Gasteiger partial charge in [-0.15, -0.1) is 0 Å². The Labute approximate surface area is 140 Å². The normalized spacial score (nSPS) is 19.1. The van der Waals surface area contributed by atoms with Crippen LogP contribution in [0.3, 0.4) is 0 Å². The second kappa shape index (κ2) is 5.81. The molecule has 0 bridgehead atoms. The fourth-order valence-electron chi connectivity index (χ4n) is 2.98. The molecule has 2 aliphatic rings. The molecule has 0 amide bonds. The minimum atomic E-state index is -0.411. The van der Waals surface area contributed by atoms with E-state index in [9.17, 15) is 4.79 Å². The molecule has 0 radical (unpaired) electrons. The van der Waals surface area contributed by atoms with Crippen molar-refractivity contribution in [3.63, 3.8) is 0 Å². The number of cyclic esters (lactones) is 1. The van der Waals surface area contributed by atoms with Crippen LogP contribution in [0.1, 0.15) is 18.1 Å². The molecule has 0 spiro atoms. The van der Waals surface area contributed by atoms with Gasteiger partial charge in [-0.05, 0) is 36.8 Å². The molecule has 0 atom stereocenters. The Morgan fingerprint density at radius 3 is 2.54 bits per heavy atom. The van der Waals surface area contributed by atoms with E-state index in [1.807, 2.05) is 60.7 Å². The molecule has 118 valence electrons. The van der Waals surface area contributed by atoms with Crippen LogP contribution in [0, 0.1) is 0 Å². The maximum atomic E-state index is 12.4. The van der Waals surface area contributed by atoms with Gasteiger partial charge in [-0.2, -0.15) is 0 Å². The van der Waals surface area contributed by atoms with Crippen molar-refractivity contribution in [2.75, 3.05) is 11.4 Å². The molecule has 2 aliphatic heterocycles. The van der Waals surface area contributed by atoms with Crippen molar-refractivity contribution in [1.29, 1.82) is 0 Å². The number of allylic oxidation sites excluding steroid dienone is 1. The molecule has 0 saturated carbocycles. The molecule has 24 heavy (non-hydrogen) atoms. The van der Waals surface area contributed by atoms with Gasteiger partial charge >= 0.3 is 5.97 Å². The number of anilines is 1. The van der Waals surface area contributed by atoms with E-state index < -0.39 is 5.97 Å². The molecule has 2 aromatic carbocycles. The number of fused-ring (bicyclic) bond motifs is 1. The van der Waals surface area contributed by atoms with E-state index in [2.05, 4.69) is 22.9 Å². The number of hydrogen-bond donors (Lipinski definition) is 0. The lowest BCUT2D eigenvalue weighted by molar-refractivity contribution is -0.130. The van der Waals surface area contributed by atoms with Crippen molar-refractivity contribution in [2.45, 2.75) is 6.92 Å². The van der Waals surface area contributed by atoms with Gasteiger partial charge in [-0.1, -0.05) is 42.5 Å². The summed E-state index contributed by atoms with van der Waals surface area (Å²) in [5.74, 6) is -0.0576. The summed E-state index contributed by atoms with van der Waals surface area (Å²) in [6.07, 6.45) is 3.94. The van der Waals surface area contributed by atoms with Crippen molar-refractivity contribution in [1.82, 2.24) is 0 Å². The van der Waals surface area contributed by atoms with Gasteiger partial charge in [0, 0.05) is 17.8 Å². The van der Waals surface area contributed by atoms with Crippen LogP contribution in [0.2, 0.25) is 0 Å². The summed E-state index contributed by atoms with van der Waals surface area (Å²) in [5.41, 5.74) is 4.11. The average molecular weight is 316 g/mol. The number of para-hydroxylation sites is 1. The predicted octanol–water partition coefficient (Wildman–Crippen LogP) is 3.75. The van der Waals surface area contributed by atoms with E-state index in [0.717, 1.165) is 29.1 Å². The number of hydrogen-bond acceptors (Lipinski definition) is 4. The van der Waals surface area contributed by atoms with E-state index in [0.29, 0.717) is 11.6 Å². The third kappa shape index (κ3) is 2.33. The summed E-state index contributed by atoms with van der Waals surface area (Å²) >= 11 is 0. The van der Waals surface area contributed by atoms with E-state index in [-0.39, 0.29) is 0 Å². The number of carbonyl (C=O) groups is 1. The maximum Gasteiger partial charge on any atom is 0.366 e. The molecule has 2 aromatic rings. The molecule has 4 rings (SSSR count). The van der Waals surface area contributed by atoms with Crippen LogP contribution < -0.4 is 4.90 Å². The summed E-state index contributed by atoms with van der Waals surface area (Å²) in [6.45, 7) is 2.79. The first kappa shape index (κ1) is 14.5. The summed E-state index contributed by atoms with van der Waals surface area (Å²) in [7, 11) is 0. The van der Waals surface area contributed by atoms with Gasteiger partial charge in [-0.3, -0.25) is 0 Å². The number of benzene rings is 2. The zero-order chi connectivity index (χ0) is 16.5. The van der Waals surface area contributed by atoms with E-state index in [1.54, 1.807) is 0 Å². The van der Waals surface area contributed by atoms with Gasteiger partial charge in [0.25, 0.3) is 0 Å². The van der Waals surface area contributed by atoms with Crippen LogP contribution in [0.5, 0.6) is 0 Å². The highest BCUT2D eigenvalue weighted by molar-refractivity contribution is 6.12. The Bertz CT molecular complexity index is 895. The molecule has 2 heterocycles. The summed E-state index contributed by atoms with van der Waals surface area (Å²) in [5, 5.41) is 0. The Hall–Kier alpha value is -3.14. The largest absolute Gasteiger partial charge is 0.402 e. The zero-order valence-corrected chi connectivity index (χ0v) is 13.3. The fraction of sp³-hybridized carbons (Fsp3) is 0.100. The highest BCUT2D eigenvalue weighted by atomic mass is 16.6. The third-order valence-corrected chi connectivity index (χ3v) is 4.11. The van der Waals surface area contributed by atoms with E-state index in [4.69, 9.17) is 4.74 Å². The molecule has 4 heteroatoms. The lowest BCUT2D eigenvalue weighted by Crippen LogP contribution is -2.26. The Kier molecular flexibility index (Phi) is 3.50. The van der Waals surface area contributed by atoms with Gasteiger partial charge in [-0.25, -0.2) is 9.79 Å². The maximum absolute atomic E-state index is 12.4. The van der Waals surface area contributed by atoms with E-state index in [1.165, 1.54) is 0 Å². The van der Waals surface area contributed by atoms with Gasteiger partial charge in [0.15, 0.2) is 5.70 Å². The van der Waals surface area contributed by atoms with Crippen LogP contribution in [-0.4, -0.2) is 18.4 Å². The summed E-state index contributed by atoms with van der Waals surface area (Å²) in [4.78, 5) is 18.9. The SMILES string of the molecule is CCN1/C(=C2/N=C(c3ccccc3)OC2=O)C=Cc2ccccc21. The lowest BCUT2D eigenvalue weighted by Gasteiger charge is -2.29. The lowest BCUT2D eigenvalue weighted by atomic mass is 10.0. The quantitative estimate of drug-likeness (QED) is 0.626. The van der Waals surface area contributed by atoms with Crippen molar-refractivity contribution in [3.05, 3.63) is 83.2 Å². The fourth-order valence-corrected chi connectivity index (χ4v) is 2.98. The van der Waals surface area contributed by atoms with Crippen molar-refractivity contribution >= 4 is 23.6 Å². The Balaban J connectivity index is 1.82. The van der Waals surface area contributed by atoms with Gasteiger partial charge < -0.3 is 9.64 Å². The second-order valence-corrected chi connectivity index (χ2v) is 5.54. The molecule has 0 aromatic heterocycles. The second-order valence-electron chi connectivity index (χ2n) is 5.54. The third-order valence-electron chi connectivity index (χ3n) is 4.11. The van der Waals surface area contributed by atoms with Gasteiger partial charge in [0.05, 0.1) is 5.70 Å². The first-order valence-corrected chi connectivity index (χ1v) is 7.93. The molecule has 0 fully saturated rings. The van der Waals surface area contributed by atoms with Crippen LogP contribution in [0.15, 0.2) is 77.1 Å². The number of rotatable bonds is 2. The van der Waals surface area contributed by atoms with Gasteiger partial charge in [0.1, 0.15) is 0 Å². The van der Waals surface area contributed by atoms with Crippen LogP contribution >= 0.6 is 0 Å². The number of ether oxygens (including phenoxy) is 1. The van der Waals surface area contributed by atoms with E-state index >= 15 is 0 Å². The van der Waals surface area contributed by atoms with Crippen LogP contribution in [-0.2, 0) is 9.53 Å². The number of likely N-dealkylation sites (N-methyl/N-ethyl adjacent to an activating group) is 1. The van der Waals surface area contributed by atoms with Crippen LogP contribution in [0.25, 0.3) is 6.08 Å². The van der Waals surface area contributed by atoms with Crippen molar-refractivity contribution in [3.8, 4) is 0 Å². The molecule has 0 unspecified atom stereocenters. The first-order valence-electron chi connectivity index (χ1n) is 7.93. The number of nitrogens with zero attached hydrogens (tertiary/aromatic N) is 2. The summed E-state index contributed by atoms with van der Waals surface area (Å²) < 4.78 is 5.39. The molecule has 0 saturated heterocycles. The molecular formula is C20H16N2O2. The molecule has 4 nitrogen and oxygen atoms in total. The first-order chi connectivity index (χ1) is 11.8. The van der Waals surface area contributed by atoms with Crippen molar-refractivity contribution in [2.24, 2.45) is 4.99 Å². The molecule has 0 aliphatic carbocycles. The highest BCUT2D eigenvalue weighted by Gasteiger charge is 2.30. The minimum absolute atomic E-state index is 0.349. The molecular weight excluding hydrogens is 300 g/mol. The minimum Gasteiger partial charge on any atom is -0.402 e. The standard InChI is InChI=1S/C20H16N2O2/c1-2-22-16-11-7-6-8-14(16)12-13-17(22)18-20(23)24-19(21-18)15-9-4-3-5-10-15/h3-13H,2H2,1H3/b18-17+. The van der Waals surface area contributed by atoms with Gasteiger partial charge in [0.2, 0.25) is 5.90 Å². The highest BCUT2D eigenvalue weighted by Crippen LogP contribution is 2.33. The smallest absolute Gasteiger partial charge is 0.366 e. The Morgan fingerprint density at radius 2 is 1.75 bits per heavy atom. The topological polar surface area (TPSA) is 41.9 Å². The summed E-state index contributed by atoms with van der Waals surface area (Å²) in [6, 6.07) is 17.6. The molecule has 0 N–H and O–H groups in total. The van der Waals surface area contributed by atoms with Crippen molar-refractivity contribution < 1.29 is 9.53 Å². The zero-order valence-electron chi connectivity index (χ0n) is 13.3. The number of esters is 1. The Morgan fingerprint density at radius 1 is 1.00 bits per heavy atom. The average Bonchev–Trinajstić information content (AvgIpc) is 3.03. The number of carbonyl (C=O) groups excluding carboxylic acids is 1. The number of aliphatic imine (C=N–C) groups is 1. The monoisotopic (exact) mass is 316 g/mol. The van der Waals surface area contributed by atoms with Crippen LogP contribution in [0.4, 0.5) is 5.69 Å². The predicted molar refractivity (Wildman–Crippen MR) is 94.6 cm³/mol.